The number of ether oxygens (including phenoxy) is 2. The summed E-state index contributed by atoms with van der Waals surface area (Å²) in [7, 11) is 2.92. The molecule has 1 spiro atoms. The number of para-hydroxylation sites is 1. The Balaban J connectivity index is 0.00000561. The molecule has 3 aliphatic rings. The maximum atomic E-state index is 14.6. The Hall–Kier alpha value is -4.59. The van der Waals surface area contributed by atoms with Crippen LogP contribution in [0.3, 0.4) is 0 Å². The molecule has 1 saturated heterocycles. The number of carboxylic acids is 1. The number of methoxy groups -OCH3 is 2. The fourth-order valence-corrected chi connectivity index (χ4v) is 7.51. The maximum Gasteiger partial charge on any atom is 1.00 e. The molecule has 1 aliphatic heterocycles. The number of aryl methyl sites for hydroxylation is 1. The van der Waals surface area contributed by atoms with E-state index in [1.165, 1.54) is 14.2 Å². The number of nitrogens with one attached hydrogen (secondary N) is 3. The van der Waals surface area contributed by atoms with Crippen LogP contribution in [-0.4, -0.2) is 65.4 Å². The first-order chi connectivity index (χ1) is 25.5. The van der Waals surface area contributed by atoms with Crippen LogP contribution >= 0.6 is 0 Å². The second kappa shape index (κ2) is 17.7. The summed E-state index contributed by atoms with van der Waals surface area (Å²) in [6.45, 7) is 2.04. The molecule has 14 heteroatoms. The van der Waals surface area contributed by atoms with Crippen molar-refractivity contribution in [3.8, 4) is 11.5 Å². The van der Waals surface area contributed by atoms with Crippen LogP contribution in [0.2, 0.25) is 0 Å². The first kappa shape index (κ1) is 40.6. The quantitative estimate of drug-likeness (QED) is 0.167. The van der Waals surface area contributed by atoms with Crippen molar-refractivity contribution >= 4 is 41.2 Å². The smallest absolute Gasteiger partial charge is 0.550 e. The zero-order chi connectivity index (χ0) is 37.7. The van der Waals surface area contributed by atoms with Crippen molar-refractivity contribution in [2.24, 2.45) is 5.92 Å². The van der Waals surface area contributed by atoms with Crippen LogP contribution in [0.25, 0.3) is 0 Å². The minimum atomic E-state index is -1.39. The summed E-state index contributed by atoms with van der Waals surface area (Å²) < 4.78 is 10.8. The molecule has 6 amide bonds. The van der Waals surface area contributed by atoms with Gasteiger partial charge in [-0.15, -0.1) is 0 Å². The molecular weight excluding hydrogens is 701 g/mol. The van der Waals surface area contributed by atoms with Crippen molar-refractivity contribution in [1.29, 1.82) is 0 Å². The van der Waals surface area contributed by atoms with Crippen molar-refractivity contribution in [1.82, 2.24) is 15.1 Å². The molecule has 3 aromatic rings. The molecule has 2 atom stereocenters. The van der Waals surface area contributed by atoms with E-state index in [1.54, 1.807) is 35.2 Å². The molecule has 3 aromatic carbocycles. The topological polar surface area (TPSA) is 169 Å². The Morgan fingerprint density at radius 2 is 1.63 bits per heavy atom. The van der Waals surface area contributed by atoms with Gasteiger partial charge in [-0.3, -0.25) is 9.59 Å². The van der Waals surface area contributed by atoms with Crippen LogP contribution in [0.15, 0.2) is 66.7 Å². The number of benzene rings is 3. The van der Waals surface area contributed by atoms with E-state index in [0.717, 1.165) is 48.1 Å². The second-order valence-electron chi connectivity index (χ2n) is 14.2. The third-order valence-electron chi connectivity index (χ3n) is 10.6. The fraction of sp³-hybridized carbons (Fsp3) is 0.425. The van der Waals surface area contributed by atoms with Crippen molar-refractivity contribution in [2.75, 3.05) is 24.9 Å². The monoisotopic (exact) mass is 747 g/mol. The van der Waals surface area contributed by atoms with Gasteiger partial charge in [-0.2, -0.15) is 0 Å². The van der Waals surface area contributed by atoms with Gasteiger partial charge in [-0.1, -0.05) is 62.4 Å². The van der Waals surface area contributed by atoms with E-state index >= 15 is 0 Å². The van der Waals surface area contributed by atoms with Gasteiger partial charge < -0.3 is 40.2 Å². The molecule has 0 aromatic heterocycles. The molecule has 2 aliphatic carbocycles. The molecule has 0 unspecified atom stereocenters. The van der Waals surface area contributed by atoms with Gasteiger partial charge in [0.25, 0.3) is 5.91 Å². The van der Waals surface area contributed by atoms with Crippen LogP contribution in [-0.2, 0) is 20.9 Å². The zero-order valence-corrected chi connectivity index (χ0v) is 33.3. The molecule has 0 bridgehead atoms. The van der Waals surface area contributed by atoms with Gasteiger partial charge >= 0.3 is 41.6 Å². The molecule has 0 radical (unpaired) electrons. The van der Waals surface area contributed by atoms with E-state index in [0.29, 0.717) is 41.3 Å². The fourth-order valence-electron chi connectivity index (χ4n) is 7.51. The van der Waals surface area contributed by atoms with Gasteiger partial charge in [-0.25, -0.2) is 14.5 Å². The van der Waals surface area contributed by atoms with Gasteiger partial charge in [0.05, 0.1) is 20.3 Å². The second-order valence-corrected chi connectivity index (χ2v) is 14.2. The molecule has 3 fully saturated rings. The number of rotatable bonds is 14. The molecule has 1 heterocycles. The van der Waals surface area contributed by atoms with Gasteiger partial charge in [-0.05, 0) is 73.6 Å². The number of aliphatic carboxylic acids is 1. The number of carbonyl (C=O) groups excluding carboxylic acids is 5. The zero-order valence-electron chi connectivity index (χ0n) is 31.3. The van der Waals surface area contributed by atoms with E-state index in [4.69, 9.17) is 9.47 Å². The Morgan fingerprint density at radius 1 is 0.926 bits per heavy atom. The first-order valence-electron chi connectivity index (χ1n) is 18.1. The summed E-state index contributed by atoms with van der Waals surface area (Å²) in [6, 6.07) is 16.3. The van der Waals surface area contributed by atoms with E-state index in [9.17, 15) is 29.1 Å². The molecule has 2 saturated carbocycles. The molecule has 54 heavy (non-hydrogen) atoms. The van der Waals surface area contributed by atoms with Gasteiger partial charge in [0.15, 0.2) is 0 Å². The summed E-state index contributed by atoms with van der Waals surface area (Å²) in [5.41, 5.74) is 2.23. The van der Waals surface area contributed by atoms with Gasteiger partial charge in [0.1, 0.15) is 23.1 Å². The van der Waals surface area contributed by atoms with E-state index in [2.05, 4.69) is 16.0 Å². The molecule has 13 nitrogen and oxygen atoms in total. The molecule has 6 rings (SSSR count). The normalized spacial score (nSPS) is 17.3. The predicted molar refractivity (Wildman–Crippen MR) is 195 cm³/mol. The standard InChI is InChI=1S/C40H47N5O8.Na/c1-25-9-5-6-10-31(25)43-38(50)41-28-15-13-27(14-16-28)24-44-39(51)45(37(49)40(44)19-7-4-8-20-40)33(21-26-11-12-26)36(48)42-32(23-35(46)47)30-18-17-29(52-2)22-34(30)53-3;/h5-6,9-10,13-18,22,26,32-33H,4,7-8,11-12,19-21,23-24H2,1-3H3,(H,42,48)(H,46,47)(H2,41,43,50);/q;+1/p-1/t32-,33-;/m0./s1. The van der Waals surface area contributed by atoms with Crippen LogP contribution in [0, 0.1) is 12.8 Å². The number of urea groups is 2. The predicted octanol–water partition coefficient (Wildman–Crippen LogP) is 2.29. The number of hydrogen-bond acceptors (Lipinski definition) is 8. The Kier molecular flexibility index (Phi) is 13.3. The Labute approximate surface area is 337 Å². The molecule has 3 N–H and O–H groups in total. The van der Waals surface area contributed by atoms with Crippen LogP contribution in [0.5, 0.6) is 11.5 Å². The summed E-state index contributed by atoms with van der Waals surface area (Å²) in [4.78, 5) is 70.7. The number of anilines is 2. The maximum absolute atomic E-state index is 14.6. The van der Waals surface area contributed by atoms with Crippen molar-refractivity contribution < 1.29 is 68.1 Å². The minimum Gasteiger partial charge on any atom is -0.550 e. The minimum absolute atomic E-state index is 0. The third kappa shape index (κ3) is 9.02. The SMILES string of the molecule is COc1ccc([C@H](CC(=O)[O-])NC(=O)[C@H](CC2CC2)N2C(=O)N(Cc3ccc(NC(=O)Nc4ccccc4C)cc3)C3(CCCCC3)C2=O)c(OC)c1.[Na+]. The summed E-state index contributed by atoms with van der Waals surface area (Å²) in [6.07, 6.45) is 4.85. The number of amides is 6. The van der Waals surface area contributed by atoms with Crippen molar-refractivity contribution in [3.05, 3.63) is 83.4 Å². The summed E-state index contributed by atoms with van der Waals surface area (Å²) in [5.74, 6) is -1.45. The Morgan fingerprint density at radius 3 is 2.26 bits per heavy atom. The van der Waals surface area contributed by atoms with Gasteiger partial charge in [0.2, 0.25) is 5.91 Å². The number of hydrogen-bond donors (Lipinski definition) is 3. The van der Waals surface area contributed by atoms with E-state index < -0.39 is 53.9 Å². The summed E-state index contributed by atoms with van der Waals surface area (Å²) >= 11 is 0. The third-order valence-corrected chi connectivity index (χ3v) is 10.6. The number of carboxylic acid groups (broad SMARTS) is 1. The average Bonchev–Trinajstić information content (AvgIpc) is 3.96. The van der Waals surface area contributed by atoms with Gasteiger partial charge in [0, 0.05) is 41.9 Å². The largest absolute Gasteiger partial charge is 1.00 e. The number of imide groups is 1. The van der Waals surface area contributed by atoms with Crippen molar-refractivity contribution in [2.45, 2.75) is 88.9 Å². The van der Waals surface area contributed by atoms with Crippen LogP contribution in [0.4, 0.5) is 21.0 Å². The van der Waals surface area contributed by atoms with E-state index in [-0.39, 0.29) is 48.4 Å². The van der Waals surface area contributed by atoms with Crippen molar-refractivity contribution in [3.63, 3.8) is 0 Å². The summed E-state index contributed by atoms with van der Waals surface area (Å²) in [5, 5.41) is 20.4. The number of carbonyl (C=O) groups is 5. The molecular formula is C40H46N5NaO8. The average molecular weight is 748 g/mol. The Bertz CT molecular complexity index is 1860. The van der Waals surface area contributed by atoms with Crippen LogP contribution < -0.4 is 60.1 Å². The number of nitrogens with zero attached hydrogens (tertiary/aromatic N) is 2. The first-order valence-corrected chi connectivity index (χ1v) is 18.1. The van der Waals surface area contributed by atoms with Crippen LogP contribution in [0.1, 0.15) is 80.5 Å². The molecule has 280 valence electrons. The van der Waals surface area contributed by atoms with E-state index in [1.807, 2.05) is 43.3 Å².